The van der Waals surface area contributed by atoms with E-state index in [2.05, 4.69) is 15.7 Å². The number of amides is 2. The van der Waals surface area contributed by atoms with Crippen molar-refractivity contribution in [1.29, 1.82) is 0 Å². The molecule has 1 saturated carbocycles. The lowest BCUT2D eigenvalue weighted by atomic mass is 9.81. The molecule has 3 atom stereocenters. The van der Waals surface area contributed by atoms with E-state index in [4.69, 9.17) is 19.8 Å². The lowest BCUT2D eigenvalue weighted by Crippen LogP contribution is -2.47. The molecule has 47 heavy (non-hydrogen) atoms. The molecule has 0 bridgehead atoms. The highest BCUT2D eigenvalue weighted by Crippen LogP contribution is 2.41. The predicted octanol–water partition coefficient (Wildman–Crippen LogP) is 3.89. The maximum atomic E-state index is 14.2. The van der Waals surface area contributed by atoms with Gasteiger partial charge in [-0.15, -0.1) is 0 Å². The fraction of sp³-hybridized carbons (Fsp3) is 0.667. The average molecular weight is 668 g/mol. The molecule has 0 aromatic carbocycles. The lowest BCUT2D eigenvalue weighted by molar-refractivity contribution is -0.183. The molecule has 17 heteroatoms. The maximum absolute atomic E-state index is 14.2. The van der Waals surface area contributed by atoms with Crippen molar-refractivity contribution in [2.24, 2.45) is 17.8 Å². The highest BCUT2D eigenvalue weighted by Gasteiger charge is 2.45. The van der Waals surface area contributed by atoms with Gasteiger partial charge in [-0.2, -0.15) is 28.4 Å². The molecule has 3 aliphatic rings. The van der Waals surface area contributed by atoms with E-state index in [9.17, 15) is 31.5 Å². The number of hydrogen-bond acceptors (Lipinski definition) is 8. The van der Waals surface area contributed by atoms with Gasteiger partial charge in [0.05, 0.1) is 37.1 Å². The predicted molar refractivity (Wildman–Crippen MR) is 158 cm³/mol. The van der Waals surface area contributed by atoms with Gasteiger partial charge in [0, 0.05) is 57.1 Å². The minimum atomic E-state index is -4.46. The third-order valence-electron chi connectivity index (χ3n) is 9.29. The van der Waals surface area contributed by atoms with E-state index in [-0.39, 0.29) is 56.3 Å². The summed E-state index contributed by atoms with van der Waals surface area (Å²) in [6.07, 6.45) is -2.19. The lowest BCUT2D eigenvalue weighted by Gasteiger charge is -2.33. The Balaban J connectivity index is 1.36. The Morgan fingerprint density at radius 1 is 1.17 bits per heavy atom. The number of aromatic nitrogens is 6. The Labute approximate surface area is 267 Å². The van der Waals surface area contributed by atoms with Crippen LogP contribution in [0.3, 0.4) is 0 Å². The van der Waals surface area contributed by atoms with Crippen LogP contribution in [0.5, 0.6) is 0 Å². The van der Waals surface area contributed by atoms with Gasteiger partial charge in [-0.1, -0.05) is 0 Å². The van der Waals surface area contributed by atoms with Crippen molar-refractivity contribution in [3.63, 3.8) is 0 Å². The maximum Gasteiger partial charge on any atom is 0.393 e. The summed E-state index contributed by atoms with van der Waals surface area (Å²) in [5.74, 6) is -6.17. The van der Waals surface area contributed by atoms with Crippen molar-refractivity contribution in [2.75, 3.05) is 37.7 Å². The molecule has 0 radical (unpaired) electrons. The van der Waals surface area contributed by atoms with E-state index in [1.165, 1.54) is 10.7 Å². The van der Waals surface area contributed by atoms with Crippen LogP contribution >= 0.6 is 0 Å². The van der Waals surface area contributed by atoms with E-state index < -0.39 is 48.3 Å². The second kappa shape index (κ2) is 13.0. The Hall–Kier alpha value is -3.89. The molecule has 5 heterocycles. The van der Waals surface area contributed by atoms with Crippen LogP contribution in [0.25, 0.3) is 5.78 Å². The molecule has 2 N–H and O–H groups in total. The number of nitrogens with one attached hydrogen (secondary N) is 2. The standard InChI is InChI=1S/C30H38F5N9O3/c1-17(2)44-23(5-8-37-44)27(46)39-24(18-3-6-29(31,32)7-4-18)22-16-43-28(38-22)40-25(42-9-11-47-12-10-42)21(41-43)14-19-13-20(30(33,34)35)15-36-26(19)45/h5,8,16-20,24H,3-4,6-7,9-15H2,1-2H3,(H,36,45)(H,39,46)/t19?,20-,24+/m1/s1. The van der Waals surface area contributed by atoms with Crippen molar-refractivity contribution < 1.29 is 36.3 Å². The van der Waals surface area contributed by atoms with Gasteiger partial charge in [0.1, 0.15) is 11.4 Å². The fourth-order valence-electron chi connectivity index (χ4n) is 6.68. The molecule has 2 aliphatic heterocycles. The number of morpholine rings is 1. The minimum absolute atomic E-state index is 0.0847. The number of ether oxygens (including phenoxy) is 1. The fourth-order valence-corrected chi connectivity index (χ4v) is 6.68. The quantitative estimate of drug-likeness (QED) is 0.346. The molecular weight excluding hydrogens is 629 g/mol. The molecule has 6 rings (SSSR count). The number of piperidine rings is 1. The molecule has 1 aliphatic carbocycles. The molecule has 2 amide bonds. The van der Waals surface area contributed by atoms with Gasteiger partial charge in [0.25, 0.3) is 11.7 Å². The summed E-state index contributed by atoms with van der Waals surface area (Å²) in [5, 5.41) is 14.3. The first-order chi connectivity index (χ1) is 22.3. The molecule has 0 spiro atoms. The first-order valence-electron chi connectivity index (χ1n) is 15.9. The van der Waals surface area contributed by atoms with E-state index in [1.54, 1.807) is 16.9 Å². The minimum Gasteiger partial charge on any atom is -0.378 e. The van der Waals surface area contributed by atoms with Gasteiger partial charge < -0.3 is 20.3 Å². The Kier molecular flexibility index (Phi) is 9.11. The Morgan fingerprint density at radius 3 is 2.57 bits per heavy atom. The van der Waals surface area contributed by atoms with E-state index >= 15 is 0 Å². The van der Waals surface area contributed by atoms with Crippen LogP contribution in [0.1, 0.15) is 79.9 Å². The van der Waals surface area contributed by atoms with Crippen molar-refractivity contribution >= 4 is 23.4 Å². The van der Waals surface area contributed by atoms with Crippen molar-refractivity contribution in [3.05, 3.63) is 35.5 Å². The number of carbonyl (C=O) groups excluding carboxylic acids is 2. The average Bonchev–Trinajstić information content (AvgIpc) is 3.68. The summed E-state index contributed by atoms with van der Waals surface area (Å²) < 4.78 is 77.5. The highest BCUT2D eigenvalue weighted by molar-refractivity contribution is 5.92. The summed E-state index contributed by atoms with van der Waals surface area (Å²) in [5.41, 5.74) is 0.998. The largest absolute Gasteiger partial charge is 0.393 e. The number of fused-ring (bicyclic) bond motifs is 1. The zero-order valence-electron chi connectivity index (χ0n) is 26.1. The zero-order valence-corrected chi connectivity index (χ0v) is 26.1. The summed E-state index contributed by atoms with van der Waals surface area (Å²) in [4.78, 5) is 37.6. The Bertz CT molecular complexity index is 1590. The van der Waals surface area contributed by atoms with E-state index in [0.717, 1.165) is 0 Å². The number of hydrogen-bond donors (Lipinski definition) is 2. The third kappa shape index (κ3) is 7.18. The van der Waals surface area contributed by atoms with Crippen molar-refractivity contribution in [2.45, 2.75) is 76.6 Å². The van der Waals surface area contributed by atoms with Gasteiger partial charge in [-0.05, 0) is 45.1 Å². The van der Waals surface area contributed by atoms with Crippen LogP contribution in [-0.4, -0.2) is 86.1 Å². The van der Waals surface area contributed by atoms with Crippen LogP contribution in [0.2, 0.25) is 0 Å². The molecule has 3 aromatic heterocycles. The molecule has 2 saturated heterocycles. The van der Waals surface area contributed by atoms with Gasteiger partial charge in [0.2, 0.25) is 11.8 Å². The van der Waals surface area contributed by atoms with Crippen LogP contribution < -0.4 is 15.5 Å². The smallest absolute Gasteiger partial charge is 0.378 e. The monoisotopic (exact) mass is 667 g/mol. The normalized spacial score (nSPS) is 23.2. The van der Waals surface area contributed by atoms with Gasteiger partial charge in [-0.25, -0.2) is 18.3 Å². The Morgan fingerprint density at radius 2 is 1.89 bits per heavy atom. The van der Waals surface area contributed by atoms with Crippen LogP contribution in [0.4, 0.5) is 27.8 Å². The molecule has 12 nitrogen and oxygen atoms in total. The number of carbonyl (C=O) groups is 2. The number of alkyl halides is 5. The summed E-state index contributed by atoms with van der Waals surface area (Å²) in [6, 6.07) is 0.722. The molecule has 3 aromatic rings. The summed E-state index contributed by atoms with van der Waals surface area (Å²) >= 11 is 0. The number of imidazole rings is 1. The molecule has 3 fully saturated rings. The number of rotatable bonds is 8. The van der Waals surface area contributed by atoms with Gasteiger partial charge in [-0.3, -0.25) is 14.3 Å². The first-order valence-corrected chi connectivity index (χ1v) is 15.9. The SMILES string of the molecule is CC(C)n1nccc1C(=O)N[C@H](c1cn2nc(CC3C[C@@H](C(F)(F)F)CNC3=O)c(N3CCOCC3)nc2n1)C1CCC(F)(F)CC1. The topological polar surface area (TPSA) is 132 Å². The second-order valence-corrected chi connectivity index (χ2v) is 12.9. The van der Waals surface area contributed by atoms with Gasteiger partial charge >= 0.3 is 6.18 Å². The van der Waals surface area contributed by atoms with Crippen molar-refractivity contribution in [3.8, 4) is 0 Å². The van der Waals surface area contributed by atoms with Gasteiger partial charge in [0.15, 0.2) is 5.82 Å². The van der Waals surface area contributed by atoms with E-state index in [0.29, 0.717) is 49.2 Å². The molecule has 256 valence electrons. The van der Waals surface area contributed by atoms with Crippen LogP contribution in [-0.2, 0) is 16.0 Å². The van der Waals surface area contributed by atoms with Crippen LogP contribution in [0, 0.1) is 17.8 Å². The molecule has 1 unspecified atom stereocenters. The second-order valence-electron chi connectivity index (χ2n) is 12.9. The highest BCUT2D eigenvalue weighted by atomic mass is 19.4. The van der Waals surface area contributed by atoms with Crippen molar-refractivity contribution in [1.82, 2.24) is 40.0 Å². The number of halogens is 5. The van der Waals surface area contributed by atoms with E-state index in [1.807, 2.05) is 18.7 Å². The van der Waals surface area contributed by atoms with Crippen LogP contribution in [0.15, 0.2) is 18.5 Å². The molecular formula is C30H38F5N9O3. The number of nitrogens with zero attached hydrogens (tertiary/aromatic N) is 7. The number of anilines is 1. The summed E-state index contributed by atoms with van der Waals surface area (Å²) in [7, 11) is 0. The zero-order chi connectivity index (χ0) is 33.5. The third-order valence-corrected chi connectivity index (χ3v) is 9.29. The first kappa shape index (κ1) is 33.0. The summed E-state index contributed by atoms with van der Waals surface area (Å²) in [6.45, 7) is 5.00.